The van der Waals surface area contributed by atoms with E-state index in [9.17, 15) is 0 Å². The van der Waals surface area contributed by atoms with E-state index in [1.54, 1.807) is 0 Å². The fraction of sp³-hybridized carbons (Fsp3) is 0.100. The molecule has 15 aromatic rings. The molecule has 0 saturated carbocycles. The monoisotopic (exact) mass is 1210 g/mol. The molecule has 4 nitrogen and oxygen atoms in total. The highest BCUT2D eigenvalue weighted by Gasteiger charge is 2.54. The van der Waals surface area contributed by atoms with Gasteiger partial charge in [-0.2, -0.15) is 0 Å². The summed E-state index contributed by atoms with van der Waals surface area (Å²) in [6, 6.07) is 112. The first-order valence-electron chi connectivity index (χ1n) is 32.8. The summed E-state index contributed by atoms with van der Waals surface area (Å²) < 4.78 is 7.72. The zero-order valence-electron chi connectivity index (χ0n) is 53.7. The molecule has 2 aliphatic carbocycles. The number of rotatable bonds is 10. The van der Waals surface area contributed by atoms with Crippen LogP contribution in [0.5, 0.6) is 0 Å². The zero-order chi connectivity index (χ0) is 63.5. The van der Waals surface area contributed by atoms with Gasteiger partial charge in [0.2, 0.25) is 0 Å². The minimum atomic E-state index is -0.867. The van der Waals surface area contributed by atoms with Gasteiger partial charge in [-0.05, 0) is 155 Å². The Balaban J connectivity index is 1.02. The SMILES string of the molecule is CC(C)(C)c1ccc(N(c2ncc(-c3ccccc3)cc2-c2ccccc2)c2cc3c(c4ccccc24)-c2c(cc(N(c4ccc(C(C)(C)C)cc4)c4ccc(-c5ccccc5)cc4-c4ccccc4)c4c2oc2ccccc24)C32c3ccccc3-c3ccccc32)cc1. The average Bonchev–Trinajstić information content (AvgIpc) is 1.49. The highest BCUT2D eigenvalue weighted by atomic mass is 16.3. The van der Waals surface area contributed by atoms with Gasteiger partial charge in [-0.25, -0.2) is 4.98 Å². The molecule has 0 aliphatic heterocycles. The fourth-order valence-corrected chi connectivity index (χ4v) is 15.3. The van der Waals surface area contributed by atoms with Gasteiger partial charge in [-0.15, -0.1) is 0 Å². The minimum absolute atomic E-state index is 0.0726. The summed E-state index contributed by atoms with van der Waals surface area (Å²) >= 11 is 0. The first-order chi connectivity index (χ1) is 45.9. The number of benzene rings is 13. The lowest BCUT2D eigenvalue weighted by Gasteiger charge is -2.34. The lowest BCUT2D eigenvalue weighted by atomic mass is 9.70. The number of para-hydroxylation sites is 1. The number of anilines is 6. The number of nitrogens with zero attached hydrogens (tertiary/aromatic N) is 3. The van der Waals surface area contributed by atoms with E-state index >= 15 is 0 Å². The number of fused-ring (bicyclic) bond motifs is 16. The summed E-state index contributed by atoms with van der Waals surface area (Å²) in [7, 11) is 0. The Morgan fingerprint density at radius 2 is 0.777 bits per heavy atom. The van der Waals surface area contributed by atoms with Gasteiger partial charge in [-0.1, -0.05) is 284 Å². The molecule has 1 spiro atoms. The van der Waals surface area contributed by atoms with Crippen LogP contribution < -0.4 is 9.80 Å². The molecule has 0 atom stereocenters. The maximum absolute atomic E-state index is 7.72. The number of hydrogen-bond acceptors (Lipinski definition) is 4. The van der Waals surface area contributed by atoms with Crippen LogP contribution in [0, 0.1) is 0 Å². The van der Waals surface area contributed by atoms with E-state index in [0.717, 1.165) is 123 Å². The molecule has 94 heavy (non-hydrogen) atoms. The van der Waals surface area contributed by atoms with Crippen molar-refractivity contribution in [2.45, 2.75) is 57.8 Å². The van der Waals surface area contributed by atoms with E-state index < -0.39 is 5.41 Å². The van der Waals surface area contributed by atoms with Crippen LogP contribution in [0.25, 0.3) is 99.5 Å². The van der Waals surface area contributed by atoms with E-state index in [1.807, 2.05) is 0 Å². The smallest absolute Gasteiger partial charge is 0.145 e. The van der Waals surface area contributed by atoms with E-state index in [-0.39, 0.29) is 10.8 Å². The molecule has 450 valence electrons. The first kappa shape index (κ1) is 56.6. The standard InChI is InChI=1S/C90H69N3O/c1-88(2,3)64-44-48-66(49-45-64)92(79-52-43-62(58-27-11-7-12-28-58)53-73(79)60-31-15-9-16-32-60)81-56-78-85(86-84(81)72-39-23-26-42-82(72)94-86)83-71-38-20-19-37-70(71)80(55-77(83)90(78)75-40-24-21-35-68(75)69-36-22-25-41-76(69)90)93(67-50-46-65(47-51-67)89(4,5)6)87-74(61-33-17-10-18-34-61)54-63(57-91-87)59-29-13-8-14-30-59/h7-57H,1-6H3. The normalized spacial score (nSPS) is 12.9. The highest BCUT2D eigenvalue weighted by Crippen LogP contribution is 2.68. The Morgan fingerprint density at radius 1 is 0.319 bits per heavy atom. The lowest BCUT2D eigenvalue weighted by Crippen LogP contribution is -2.27. The van der Waals surface area contributed by atoms with Crippen LogP contribution in [-0.4, -0.2) is 4.98 Å². The van der Waals surface area contributed by atoms with Crippen molar-refractivity contribution in [2.24, 2.45) is 0 Å². The third-order valence-corrected chi connectivity index (χ3v) is 19.8. The van der Waals surface area contributed by atoms with Crippen molar-refractivity contribution in [1.82, 2.24) is 4.98 Å². The second-order valence-electron chi connectivity index (χ2n) is 27.4. The molecule has 0 bridgehead atoms. The molecule has 0 saturated heterocycles. The third kappa shape index (κ3) is 8.99. The van der Waals surface area contributed by atoms with Crippen LogP contribution in [-0.2, 0) is 16.2 Å². The molecule has 2 heterocycles. The molecule has 2 aliphatic rings. The summed E-state index contributed by atoms with van der Waals surface area (Å²) in [5.41, 5.74) is 26.7. The van der Waals surface area contributed by atoms with E-state index in [1.165, 1.54) is 44.5 Å². The first-order valence-corrected chi connectivity index (χ1v) is 32.8. The molecule has 17 rings (SSSR count). The number of pyridine rings is 1. The quantitative estimate of drug-likeness (QED) is 0.137. The Labute approximate surface area is 550 Å². The molecule has 0 fully saturated rings. The van der Waals surface area contributed by atoms with Crippen molar-refractivity contribution in [3.05, 3.63) is 343 Å². The predicted molar refractivity (Wildman–Crippen MR) is 394 cm³/mol. The zero-order valence-corrected chi connectivity index (χ0v) is 53.7. The van der Waals surface area contributed by atoms with Gasteiger partial charge in [0.15, 0.2) is 0 Å². The average molecular weight is 1210 g/mol. The lowest BCUT2D eigenvalue weighted by molar-refractivity contribution is 0.590. The van der Waals surface area contributed by atoms with Crippen molar-refractivity contribution in [3.63, 3.8) is 0 Å². The summed E-state index contributed by atoms with van der Waals surface area (Å²) in [6.45, 7) is 13.7. The van der Waals surface area contributed by atoms with E-state index in [2.05, 4.69) is 361 Å². The van der Waals surface area contributed by atoms with Crippen LogP contribution in [0.1, 0.15) is 74.9 Å². The largest absolute Gasteiger partial charge is 0.455 e. The van der Waals surface area contributed by atoms with Crippen LogP contribution >= 0.6 is 0 Å². The fourth-order valence-electron chi connectivity index (χ4n) is 15.3. The Bertz CT molecular complexity index is 5380. The number of aromatic nitrogens is 1. The molecule has 0 amide bonds. The Hall–Kier alpha value is -11.3. The Morgan fingerprint density at radius 3 is 1.36 bits per heavy atom. The molecule has 0 unspecified atom stereocenters. The summed E-state index contributed by atoms with van der Waals surface area (Å²) in [5, 5.41) is 4.32. The molecular weight excluding hydrogens is 1140 g/mol. The number of hydrogen-bond donors (Lipinski definition) is 0. The van der Waals surface area contributed by atoms with Gasteiger partial charge < -0.3 is 9.32 Å². The van der Waals surface area contributed by atoms with Gasteiger partial charge in [0.25, 0.3) is 0 Å². The second-order valence-corrected chi connectivity index (χ2v) is 27.4. The van der Waals surface area contributed by atoms with Gasteiger partial charge >= 0.3 is 0 Å². The molecular formula is C90H69N3O. The van der Waals surface area contributed by atoms with Gasteiger partial charge in [0, 0.05) is 50.6 Å². The maximum Gasteiger partial charge on any atom is 0.145 e. The molecule has 0 N–H and O–H groups in total. The topological polar surface area (TPSA) is 32.5 Å². The van der Waals surface area contributed by atoms with Crippen LogP contribution in [0.15, 0.2) is 314 Å². The van der Waals surface area contributed by atoms with Crippen LogP contribution in [0.4, 0.5) is 34.3 Å². The van der Waals surface area contributed by atoms with Crippen molar-refractivity contribution in [1.29, 1.82) is 0 Å². The van der Waals surface area contributed by atoms with Crippen molar-refractivity contribution in [2.75, 3.05) is 9.80 Å². The van der Waals surface area contributed by atoms with Crippen LogP contribution in [0.2, 0.25) is 0 Å². The number of furan rings is 1. The molecule has 2 aromatic heterocycles. The van der Waals surface area contributed by atoms with E-state index in [0.29, 0.717) is 0 Å². The Kier molecular flexibility index (Phi) is 13.2. The predicted octanol–water partition coefficient (Wildman–Crippen LogP) is 24.7. The van der Waals surface area contributed by atoms with Gasteiger partial charge in [-0.3, -0.25) is 4.90 Å². The van der Waals surface area contributed by atoms with Crippen LogP contribution in [0.3, 0.4) is 0 Å². The molecule has 4 heteroatoms. The second kappa shape index (κ2) is 21.9. The van der Waals surface area contributed by atoms with Crippen molar-refractivity contribution in [3.8, 4) is 66.8 Å². The third-order valence-electron chi connectivity index (χ3n) is 19.8. The van der Waals surface area contributed by atoms with Crippen molar-refractivity contribution >= 4 is 67.0 Å². The van der Waals surface area contributed by atoms with Gasteiger partial charge in [0.1, 0.15) is 17.0 Å². The summed E-state index contributed by atoms with van der Waals surface area (Å²) in [4.78, 5) is 10.7. The van der Waals surface area contributed by atoms with Crippen molar-refractivity contribution < 1.29 is 4.42 Å². The maximum atomic E-state index is 7.72. The minimum Gasteiger partial charge on any atom is -0.455 e. The highest BCUT2D eigenvalue weighted by molar-refractivity contribution is 6.23. The van der Waals surface area contributed by atoms with Gasteiger partial charge in [0.05, 0.1) is 27.9 Å². The summed E-state index contributed by atoms with van der Waals surface area (Å²) in [5.74, 6) is 0.832. The molecule has 13 aromatic carbocycles. The molecule has 0 radical (unpaired) electrons. The summed E-state index contributed by atoms with van der Waals surface area (Å²) in [6.07, 6.45) is 2.06. The van der Waals surface area contributed by atoms with E-state index in [4.69, 9.17) is 9.40 Å².